The number of carboxylic acid groups (broad SMARTS) is 1. The van der Waals surface area contributed by atoms with Gasteiger partial charge in [-0.25, -0.2) is 9.18 Å². The van der Waals surface area contributed by atoms with Crippen LogP contribution >= 0.6 is 0 Å². The lowest BCUT2D eigenvalue weighted by molar-refractivity contribution is 0.0697. The Labute approximate surface area is 165 Å². The van der Waals surface area contributed by atoms with Crippen LogP contribution in [0.4, 0.5) is 4.39 Å². The van der Waals surface area contributed by atoms with Crippen molar-refractivity contribution in [3.8, 4) is 0 Å². The predicted molar refractivity (Wildman–Crippen MR) is 109 cm³/mol. The first kappa shape index (κ1) is 20.2. The molecule has 6 heteroatoms. The molecule has 28 heavy (non-hydrogen) atoms. The third kappa shape index (κ3) is 5.03. The van der Waals surface area contributed by atoms with E-state index in [1.807, 2.05) is 13.0 Å². The topological polar surface area (TPSA) is 56.7 Å². The number of hydrogen-bond acceptors (Lipinski definition) is 4. The SMILES string of the molecule is CCN1CCN(Cc2cncc(/C(F)=C/c3cc(C(=O)O)ccc3C)c2)CC1. The van der Waals surface area contributed by atoms with Crippen molar-refractivity contribution in [2.45, 2.75) is 20.4 Å². The average molecular weight is 383 g/mol. The van der Waals surface area contributed by atoms with Crippen LogP contribution in [0.5, 0.6) is 0 Å². The number of aromatic nitrogens is 1. The van der Waals surface area contributed by atoms with Crippen LogP contribution in [-0.4, -0.2) is 58.6 Å². The van der Waals surface area contributed by atoms with Crippen molar-refractivity contribution in [3.63, 3.8) is 0 Å². The number of benzene rings is 1. The van der Waals surface area contributed by atoms with Crippen molar-refractivity contribution < 1.29 is 14.3 Å². The highest BCUT2D eigenvalue weighted by Gasteiger charge is 2.16. The van der Waals surface area contributed by atoms with Crippen LogP contribution in [0.2, 0.25) is 0 Å². The van der Waals surface area contributed by atoms with E-state index < -0.39 is 11.8 Å². The summed E-state index contributed by atoms with van der Waals surface area (Å²) in [5.41, 5.74) is 2.89. The zero-order chi connectivity index (χ0) is 20.1. The van der Waals surface area contributed by atoms with Crippen LogP contribution in [0.3, 0.4) is 0 Å². The van der Waals surface area contributed by atoms with Crippen LogP contribution < -0.4 is 0 Å². The summed E-state index contributed by atoms with van der Waals surface area (Å²) >= 11 is 0. The van der Waals surface area contributed by atoms with Gasteiger partial charge in [-0.2, -0.15) is 0 Å². The first-order valence-corrected chi connectivity index (χ1v) is 9.56. The van der Waals surface area contributed by atoms with E-state index in [0.717, 1.165) is 50.4 Å². The van der Waals surface area contributed by atoms with E-state index in [-0.39, 0.29) is 5.56 Å². The highest BCUT2D eigenvalue weighted by atomic mass is 19.1. The number of likely N-dealkylation sites (N-methyl/N-ethyl adjacent to an activating group) is 1. The molecule has 1 saturated heterocycles. The van der Waals surface area contributed by atoms with Crippen LogP contribution in [0.25, 0.3) is 11.9 Å². The number of pyridine rings is 1. The second kappa shape index (κ2) is 9.08. The Morgan fingerprint density at radius 2 is 1.86 bits per heavy atom. The van der Waals surface area contributed by atoms with Crippen LogP contribution in [0, 0.1) is 6.92 Å². The van der Waals surface area contributed by atoms with Crippen LogP contribution in [0.1, 0.15) is 39.5 Å². The summed E-state index contributed by atoms with van der Waals surface area (Å²) in [6.07, 6.45) is 4.66. The van der Waals surface area contributed by atoms with Gasteiger partial charge in [0.1, 0.15) is 5.83 Å². The van der Waals surface area contributed by atoms with Crippen LogP contribution in [0.15, 0.2) is 36.7 Å². The number of aromatic carboxylic acids is 1. The van der Waals surface area contributed by atoms with E-state index in [1.54, 1.807) is 12.3 Å². The van der Waals surface area contributed by atoms with E-state index in [2.05, 4.69) is 21.7 Å². The Kier molecular flexibility index (Phi) is 6.54. The monoisotopic (exact) mass is 383 g/mol. The van der Waals surface area contributed by atoms with Crippen molar-refractivity contribution in [1.82, 2.24) is 14.8 Å². The lowest BCUT2D eigenvalue weighted by atomic mass is 10.0. The van der Waals surface area contributed by atoms with Gasteiger partial charge in [0.2, 0.25) is 0 Å². The van der Waals surface area contributed by atoms with E-state index in [4.69, 9.17) is 5.11 Å². The molecule has 0 atom stereocenters. The molecule has 0 saturated carbocycles. The van der Waals surface area contributed by atoms with Gasteiger partial charge in [0.15, 0.2) is 0 Å². The molecule has 0 amide bonds. The molecule has 0 aliphatic carbocycles. The smallest absolute Gasteiger partial charge is 0.335 e. The van der Waals surface area contributed by atoms with Crippen LogP contribution in [-0.2, 0) is 6.54 Å². The Morgan fingerprint density at radius 1 is 1.14 bits per heavy atom. The van der Waals surface area contributed by atoms with E-state index >= 15 is 0 Å². The van der Waals surface area contributed by atoms with Gasteiger partial charge in [0.05, 0.1) is 5.56 Å². The van der Waals surface area contributed by atoms with Gasteiger partial charge in [0.25, 0.3) is 0 Å². The number of carbonyl (C=O) groups is 1. The number of aryl methyl sites for hydroxylation is 1. The number of piperazine rings is 1. The highest BCUT2D eigenvalue weighted by molar-refractivity contribution is 5.89. The summed E-state index contributed by atoms with van der Waals surface area (Å²) in [6, 6.07) is 6.52. The minimum absolute atomic E-state index is 0.141. The number of halogens is 1. The third-order valence-electron chi connectivity index (χ3n) is 5.20. The molecule has 1 aromatic heterocycles. The molecule has 1 aliphatic heterocycles. The number of nitrogens with zero attached hydrogens (tertiary/aromatic N) is 3. The standard InChI is InChI=1S/C22H26FN3O2/c1-3-25-6-8-26(9-7-25)15-17-10-20(14-24-13-17)21(23)12-19-11-18(22(27)28)5-4-16(19)2/h4-5,10-14H,3,6-9,15H2,1-2H3,(H,27,28)/b21-12-. The molecule has 148 valence electrons. The first-order valence-electron chi connectivity index (χ1n) is 9.56. The van der Waals surface area contributed by atoms with Gasteiger partial charge in [-0.3, -0.25) is 9.88 Å². The molecule has 0 radical (unpaired) electrons. The van der Waals surface area contributed by atoms with Crippen molar-refractivity contribution in [2.75, 3.05) is 32.7 Å². The maximum Gasteiger partial charge on any atom is 0.335 e. The minimum Gasteiger partial charge on any atom is -0.478 e. The van der Waals surface area contributed by atoms with Gasteiger partial charge >= 0.3 is 5.97 Å². The maximum atomic E-state index is 14.8. The van der Waals surface area contributed by atoms with Crippen molar-refractivity contribution in [3.05, 3.63) is 64.5 Å². The molecule has 5 nitrogen and oxygen atoms in total. The molecule has 0 spiro atoms. The van der Waals surface area contributed by atoms with E-state index in [9.17, 15) is 9.18 Å². The largest absolute Gasteiger partial charge is 0.478 e. The van der Waals surface area contributed by atoms with Gasteiger partial charge in [-0.15, -0.1) is 0 Å². The van der Waals surface area contributed by atoms with Gasteiger partial charge in [-0.1, -0.05) is 13.0 Å². The second-order valence-corrected chi connectivity index (χ2v) is 7.16. The fourth-order valence-corrected chi connectivity index (χ4v) is 3.38. The normalized spacial score (nSPS) is 16.3. The molecule has 1 aromatic carbocycles. The third-order valence-corrected chi connectivity index (χ3v) is 5.20. The Morgan fingerprint density at radius 3 is 2.54 bits per heavy atom. The highest BCUT2D eigenvalue weighted by Crippen LogP contribution is 2.23. The predicted octanol–water partition coefficient (Wildman–Crippen LogP) is 3.69. The summed E-state index contributed by atoms with van der Waals surface area (Å²) in [5, 5.41) is 9.14. The number of carboxylic acids is 1. The number of rotatable bonds is 6. The molecular formula is C22H26FN3O2. The first-order chi connectivity index (χ1) is 13.5. The lowest BCUT2D eigenvalue weighted by Gasteiger charge is -2.33. The number of hydrogen-bond donors (Lipinski definition) is 1. The van der Waals surface area contributed by atoms with Gasteiger partial charge in [-0.05, 0) is 54.4 Å². The lowest BCUT2D eigenvalue weighted by Crippen LogP contribution is -2.45. The van der Waals surface area contributed by atoms with E-state index in [0.29, 0.717) is 11.1 Å². The molecule has 3 rings (SSSR count). The molecular weight excluding hydrogens is 357 g/mol. The van der Waals surface area contributed by atoms with E-state index in [1.165, 1.54) is 24.4 Å². The van der Waals surface area contributed by atoms with Gasteiger partial charge < -0.3 is 10.0 Å². The summed E-state index contributed by atoms with van der Waals surface area (Å²) in [7, 11) is 0. The summed E-state index contributed by atoms with van der Waals surface area (Å²) in [5.74, 6) is -1.45. The summed E-state index contributed by atoms with van der Waals surface area (Å²) in [6.45, 7) is 9.92. The molecule has 1 aliphatic rings. The molecule has 1 fully saturated rings. The van der Waals surface area contributed by atoms with Gasteiger partial charge in [0, 0.05) is 50.7 Å². The molecule has 2 heterocycles. The Hall–Kier alpha value is -2.57. The van der Waals surface area contributed by atoms with Crippen molar-refractivity contribution in [2.24, 2.45) is 0 Å². The van der Waals surface area contributed by atoms with Crippen molar-refractivity contribution >= 4 is 17.9 Å². The molecule has 0 bridgehead atoms. The van der Waals surface area contributed by atoms with Crippen molar-refractivity contribution in [1.29, 1.82) is 0 Å². The summed E-state index contributed by atoms with van der Waals surface area (Å²) in [4.78, 5) is 20.1. The minimum atomic E-state index is -1.03. The Bertz CT molecular complexity index is 874. The summed E-state index contributed by atoms with van der Waals surface area (Å²) < 4.78 is 14.8. The zero-order valence-electron chi connectivity index (χ0n) is 16.4. The maximum absolute atomic E-state index is 14.8. The Balaban J connectivity index is 1.75. The zero-order valence-corrected chi connectivity index (χ0v) is 16.4. The molecule has 1 N–H and O–H groups in total. The average Bonchev–Trinajstić information content (AvgIpc) is 2.70. The molecule has 0 unspecified atom stereocenters. The quantitative estimate of drug-likeness (QED) is 0.824. The fraction of sp³-hybridized carbons (Fsp3) is 0.364. The molecule has 2 aromatic rings. The second-order valence-electron chi connectivity index (χ2n) is 7.16. The fourth-order valence-electron chi connectivity index (χ4n) is 3.38.